The fraction of sp³-hybridized carbons (Fsp3) is 0.429. The van der Waals surface area contributed by atoms with Gasteiger partial charge in [-0.2, -0.15) is 5.26 Å². The number of rotatable bonds is 4. The van der Waals surface area contributed by atoms with E-state index in [2.05, 4.69) is 0 Å². The number of Topliss-reactive ketones (excluding diaryl/α,β-unsaturated/α-hetero) is 1. The number of carbonyl (C=O) groups excluding carboxylic acids is 1. The van der Waals surface area contributed by atoms with Crippen LogP contribution in [0.2, 0.25) is 0 Å². The van der Waals surface area contributed by atoms with Crippen LogP contribution in [0.15, 0.2) is 24.3 Å². The maximum atomic E-state index is 12.1. The summed E-state index contributed by atoms with van der Waals surface area (Å²) in [7, 11) is 0. The van der Waals surface area contributed by atoms with E-state index in [0.717, 1.165) is 0 Å². The molecule has 1 N–H and O–H groups in total. The van der Waals surface area contributed by atoms with Gasteiger partial charge in [-0.25, -0.2) is 0 Å². The van der Waals surface area contributed by atoms with Crippen LogP contribution in [0.5, 0.6) is 0 Å². The molecule has 1 aliphatic heterocycles. The van der Waals surface area contributed by atoms with Crippen LogP contribution >= 0.6 is 0 Å². The normalized spacial score (nSPS) is 19.9. The van der Waals surface area contributed by atoms with Crippen molar-refractivity contribution < 1.29 is 14.6 Å². The fourth-order valence-electron chi connectivity index (χ4n) is 2.07. The molecule has 0 spiro atoms. The highest BCUT2D eigenvalue weighted by Crippen LogP contribution is 2.10. The Morgan fingerprint density at radius 1 is 1.47 bits per heavy atom. The fourth-order valence-corrected chi connectivity index (χ4v) is 2.07. The van der Waals surface area contributed by atoms with Gasteiger partial charge in [0, 0.05) is 12.1 Å². The van der Waals surface area contributed by atoms with E-state index in [0.29, 0.717) is 30.9 Å². The number of hydrogen-bond acceptors (Lipinski definition) is 5. The lowest BCUT2D eigenvalue weighted by Gasteiger charge is -2.33. The Hall–Kier alpha value is -1.74. The third-order valence-corrected chi connectivity index (χ3v) is 3.24. The molecule has 1 fully saturated rings. The number of nitriles is 1. The smallest absolute Gasteiger partial charge is 0.176 e. The lowest BCUT2D eigenvalue weighted by molar-refractivity contribution is -0.0240. The second-order valence-electron chi connectivity index (χ2n) is 4.49. The molecule has 0 saturated carbocycles. The predicted octanol–water partition coefficient (Wildman–Crippen LogP) is 0.434. The van der Waals surface area contributed by atoms with Crippen molar-refractivity contribution in [2.45, 2.75) is 6.04 Å². The van der Waals surface area contributed by atoms with Crippen LogP contribution in [0.4, 0.5) is 0 Å². The zero-order valence-electron chi connectivity index (χ0n) is 10.6. The van der Waals surface area contributed by atoms with Gasteiger partial charge >= 0.3 is 0 Å². The molecular weight excluding hydrogens is 244 g/mol. The van der Waals surface area contributed by atoms with Crippen molar-refractivity contribution in [2.24, 2.45) is 0 Å². The van der Waals surface area contributed by atoms with Crippen LogP contribution < -0.4 is 0 Å². The quantitative estimate of drug-likeness (QED) is 0.795. The first-order chi connectivity index (χ1) is 9.24. The molecule has 19 heavy (non-hydrogen) atoms. The monoisotopic (exact) mass is 260 g/mol. The predicted molar refractivity (Wildman–Crippen MR) is 68.8 cm³/mol. The lowest BCUT2D eigenvalue weighted by atomic mass is 10.1. The largest absolute Gasteiger partial charge is 0.395 e. The molecule has 1 saturated heterocycles. The highest BCUT2D eigenvalue weighted by molar-refractivity contribution is 5.97. The van der Waals surface area contributed by atoms with E-state index in [4.69, 9.17) is 10.00 Å². The van der Waals surface area contributed by atoms with Crippen LogP contribution in [0.3, 0.4) is 0 Å². The lowest BCUT2D eigenvalue weighted by Crippen LogP contribution is -2.49. The minimum absolute atomic E-state index is 0.00941. The third-order valence-electron chi connectivity index (χ3n) is 3.24. The number of ketones is 1. The molecular formula is C14H16N2O3. The summed E-state index contributed by atoms with van der Waals surface area (Å²) in [6.07, 6.45) is 0. The van der Waals surface area contributed by atoms with Crippen molar-refractivity contribution in [1.29, 1.82) is 5.26 Å². The van der Waals surface area contributed by atoms with Gasteiger partial charge < -0.3 is 9.84 Å². The Balaban J connectivity index is 2.01. The molecule has 1 heterocycles. The van der Waals surface area contributed by atoms with Crippen molar-refractivity contribution in [3.63, 3.8) is 0 Å². The van der Waals surface area contributed by atoms with Crippen molar-refractivity contribution in [3.8, 4) is 6.07 Å². The molecule has 1 aromatic carbocycles. The van der Waals surface area contributed by atoms with Gasteiger partial charge in [0.15, 0.2) is 5.78 Å². The van der Waals surface area contributed by atoms with Gasteiger partial charge in [0.2, 0.25) is 0 Å². The molecule has 1 atom stereocenters. The van der Waals surface area contributed by atoms with Crippen molar-refractivity contribution in [1.82, 2.24) is 4.90 Å². The molecule has 0 bridgehead atoms. The first-order valence-corrected chi connectivity index (χ1v) is 6.20. The average molecular weight is 260 g/mol. The number of morpholine rings is 1. The SMILES string of the molecule is N#Cc1ccc(C(=O)CN2CCOCC2CO)cc1. The van der Waals surface area contributed by atoms with Gasteiger partial charge in [0.05, 0.1) is 44.0 Å². The minimum atomic E-state index is -0.115. The number of carbonyl (C=O) groups is 1. The number of benzene rings is 1. The van der Waals surface area contributed by atoms with E-state index in [1.165, 1.54) is 0 Å². The molecule has 0 aromatic heterocycles. The van der Waals surface area contributed by atoms with E-state index >= 15 is 0 Å². The van der Waals surface area contributed by atoms with Gasteiger partial charge in [-0.1, -0.05) is 12.1 Å². The number of aliphatic hydroxyl groups excluding tert-OH is 1. The zero-order chi connectivity index (χ0) is 13.7. The van der Waals surface area contributed by atoms with Crippen LogP contribution in [0, 0.1) is 11.3 Å². The molecule has 100 valence electrons. The van der Waals surface area contributed by atoms with Crippen molar-refractivity contribution >= 4 is 5.78 Å². The molecule has 0 aliphatic carbocycles. The van der Waals surface area contributed by atoms with Gasteiger partial charge in [-0.05, 0) is 12.1 Å². The van der Waals surface area contributed by atoms with Gasteiger partial charge in [0.25, 0.3) is 0 Å². The minimum Gasteiger partial charge on any atom is -0.395 e. The zero-order valence-corrected chi connectivity index (χ0v) is 10.6. The summed E-state index contributed by atoms with van der Waals surface area (Å²) < 4.78 is 5.27. The molecule has 0 amide bonds. The summed E-state index contributed by atoms with van der Waals surface area (Å²) in [6.45, 7) is 1.93. The summed E-state index contributed by atoms with van der Waals surface area (Å²) in [5.74, 6) is -0.00941. The highest BCUT2D eigenvalue weighted by Gasteiger charge is 2.24. The summed E-state index contributed by atoms with van der Waals surface area (Å²) in [5, 5.41) is 18.0. The maximum absolute atomic E-state index is 12.1. The van der Waals surface area contributed by atoms with Crippen LogP contribution in [-0.4, -0.2) is 54.7 Å². The van der Waals surface area contributed by atoms with E-state index < -0.39 is 0 Å². The molecule has 5 nitrogen and oxygen atoms in total. The Morgan fingerprint density at radius 2 is 2.21 bits per heavy atom. The molecule has 0 radical (unpaired) electrons. The summed E-state index contributed by atoms with van der Waals surface area (Å²) in [5.41, 5.74) is 1.12. The van der Waals surface area contributed by atoms with Crippen LogP contribution in [-0.2, 0) is 4.74 Å². The summed E-state index contributed by atoms with van der Waals surface area (Å²) in [4.78, 5) is 14.1. The Morgan fingerprint density at radius 3 is 2.84 bits per heavy atom. The molecule has 5 heteroatoms. The van der Waals surface area contributed by atoms with Crippen molar-refractivity contribution in [3.05, 3.63) is 35.4 Å². The Kier molecular flexibility index (Phi) is 4.63. The second kappa shape index (κ2) is 6.43. The maximum Gasteiger partial charge on any atom is 0.176 e. The standard InChI is InChI=1S/C14H16N2O3/c15-7-11-1-3-12(4-2-11)14(18)8-16-5-6-19-10-13(16)9-17/h1-4,13,17H,5-6,8-10H2. The topological polar surface area (TPSA) is 73.6 Å². The Labute approximate surface area is 112 Å². The first kappa shape index (κ1) is 13.7. The highest BCUT2D eigenvalue weighted by atomic mass is 16.5. The second-order valence-corrected chi connectivity index (χ2v) is 4.49. The van der Waals surface area contributed by atoms with E-state index in [-0.39, 0.29) is 25.0 Å². The number of ether oxygens (including phenoxy) is 1. The number of nitrogens with zero attached hydrogens (tertiary/aromatic N) is 2. The van der Waals surface area contributed by atoms with Gasteiger partial charge in [-0.15, -0.1) is 0 Å². The molecule has 1 aliphatic rings. The number of aliphatic hydroxyl groups is 1. The molecule has 1 unspecified atom stereocenters. The molecule has 2 rings (SSSR count). The average Bonchev–Trinajstić information content (AvgIpc) is 2.48. The van der Waals surface area contributed by atoms with Crippen molar-refractivity contribution in [2.75, 3.05) is 32.9 Å². The number of hydrogen-bond donors (Lipinski definition) is 1. The van der Waals surface area contributed by atoms with Crippen LogP contribution in [0.1, 0.15) is 15.9 Å². The Bertz CT molecular complexity index is 478. The van der Waals surface area contributed by atoms with E-state index in [1.54, 1.807) is 24.3 Å². The summed E-state index contributed by atoms with van der Waals surface area (Å²) in [6, 6.07) is 8.50. The molecule has 1 aromatic rings. The van der Waals surface area contributed by atoms with E-state index in [9.17, 15) is 9.90 Å². The third kappa shape index (κ3) is 3.38. The summed E-state index contributed by atoms with van der Waals surface area (Å²) >= 11 is 0. The van der Waals surface area contributed by atoms with Gasteiger partial charge in [-0.3, -0.25) is 9.69 Å². The van der Waals surface area contributed by atoms with E-state index in [1.807, 2.05) is 11.0 Å². The van der Waals surface area contributed by atoms with Gasteiger partial charge in [0.1, 0.15) is 0 Å². The van der Waals surface area contributed by atoms with Crippen LogP contribution in [0.25, 0.3) is 0 Å². The first-order valence-electron chi connectivity index (χ1n) is 6.20.